The summed E-state index contributed by atoms with van der Waals surface area (Å²) in [7, 11) is 0. The SMILES string of the molecule is C[C@H](O)C(CS)O[C@@H](O[C@@H]1C(CO)OC(O)C(O)[C@H]1O)[C@@H](O)CO. The zero-order chi connectivity index (χ0) is 18.4. The summed E-state index contributed by atoms with van der Waals surface area (Å²) in [4.78, 5) is 0. The Kier molecular flexibility index (Phi) is 9.33. The second-order valence-electron chi connectivity index (χ2n) is 5.55. The smallest absolute Gasteiger partial charge is 0.186 e. The maximum absolute atomic E-state index is 10.0. The molecule has 0 saturated carbocycles. The van der Waals surface area contributed by atoms with E-state index in [0.29, 0.717) is 0 Å². The minimum Gasteiger partial charge on any atom is -0.394 e. The van der Waals surface area contributed by atoms with Gasteiger partial charge in [0.2, 0.25) is 0 Å². The van der Waals surface area contributed by atoms with E-state index in [0.717, 1.165) is 0 Å². The van der Waals surface area contributed by atoms with E-state index in [1.807, 2.05) is 0 Å². The second kappa shape index (κ2) is 10.2. The minimum atomic E-state index is -1.72. The molecule has 1 rings (SSSR count). The number of ether oxygens (including phenoxy) is 3. The van der Waals surface area contributed by atoms with E-state index < -0.39 is 68.5 Å². The Morgan fingerprint density at radius 3 is 2.21 bits per heavy atom. The van der Waals surface area contributed by atoms with Crippen LogP contribution in [0.5, 0.6) is 0 Å². The lowest BCUT2D eigenvalue weighted by Gasteiger charge is -2.42. The van der Waals surface area contributed by atoms with Crippen molar-refractivity contribution in [3.05, 3.63) is 0 Å². The first-order valence-corrected chi connectivity index (χ1v) is 8.09. The molecule has 0 aromatic heterocycles. The molecule has 1 fully saturated rings. The molecular weight excluding hydrogens is 348 g/mol. The Morgan fingerprint density at radius 1 is 1.12 bits per heavy atom. The van der Waals surface area contributed by atoms with E-state index in [-0.39, 0.29) is 5.75 Å². The molecule has 1 aliphatic rings. The van der Waals surface area contributed by atoms with Gasteiger partial charge in [-0.15, -0.1) is 0 Å². The molecule has 0 radical (unpaired) electrons. The first-order valence-electron chi connectivity index (χ1n) is 7.46. The topological polar surface area (TPSA) is 169 Å². The first kappa shape index (κ1) is 22.0. The van der Waals surface area contributed by atoms with E-state index in [9.17, 15) is 30.6 Å². The van der Waals surface area contributed by atoms with Crippen LogP contribution in [0.15, 0.2) is 0 Å². The number of hydrogen-bond donors (Lipinski definition) is 8. The van der Waals surface area contributed by atoms with Gasteiger partial charge in [0.15, 0.2) is 12.6 Å². The van der Waals surface area contributed by atoms with Crippen LogP contribution in [0, 0.1) is 0 Å². The first-order chi connectivity index (χ1) is 11.3. The van der Waals surface area contributed by atoms with Crippen LogP contribution < -0.4 is 0 Å². The average molecular weight is 374 g/mol. The highest BCUT2D eigenvalue weighted by Crippen LogP contribution is 2.25. The third kappa shape index (κ3) is 5.47. The van der Waals surface area contributed by atoms with E-state index in [1.165, 1.54) is 6.92 Å². The Hall–Kier alpha value is -0.0500. The molecule has 4 unspecified atom stereocenters. The van der Waals surface area contributed by atoms with Crippen LogP contribution in [0.2, 0.25) is 0 Å². The van der Waals surface area contributed by atoms with Gasteiger partial charge in [-0.3, -0.25) is 0 Å². The molecule has 10 nitrogen and oxygen atoms in total. The lowest BCUT2D eigenvalue weighted by molar-refractivity contribution is -0.332. The molecule has 24 heavy (non-hydrogen) atoms. The largest absolute Gasteiger partial charge is 0.394 e. The van der Waals surface area contributed by atoms with E-state index in [2.05, 4.69) is 12.6 Å². The Balaban J connectivity index is 2.90. The molecule has 7 N–H and O–H groups in total. The summed E-state index contributed by atoms with van der Waals surface area (Å²) in [5, 5.41) is 67.0. The van der Waals surface area contributed by atoms with Gasteiger partial charge in [0.25, 0.3) is 0 Å². The fourth-order valence-electron chi connectivity index (χ4n) is 2.17. The van der Waals surface area contributed by atoms with E-state index >= 15 is 0 Å². The maximum atomic E-state index is 10.0. The number of rotatable bonds is 9. The van der Waals surface area contributed by atoms with Gasteiger partial charge in [0, 0.05) is 5.75 Å². The van der Waals surface area contributed by atoms with Crippen molar-refractivity contribution >= 4 is 12.6 Å². The standard InChI is InChI=1S/C13H26O10S/c1-5(16)8(4-24)22-13(6(17)2-14)23-11-7(3-15)21-12(20)10(19)9(11)18/h5-20,24H,2-4H2,1H3/t5-,6-,7?,8?,9+,10?,11+,12?,13-/m0/s1. The summed E-state index contributed by atoms with van der Waals surface area (Å²) in [6, 6.07) is 0. The lowest BCUT2D eigenvalue weighted by Crippen LogP contribution is -2.61. The molecule has 1 heterocycles. The van der Waals surface area contributed by atoms with E-state index in [4.69, 9.17) is 19.3 Å². The summed E-state index contributed by atoms with van der Waals surface area (Å²) < 4.78 is 15.7. The molecule has 0 spiro atoms. The molecule has 1 aliphatic heterocycles. The van der Waals surface area contributed by atoms with Crippen molar-refractivity contribution in [1.29, 1.82) is 0 Å². The van der Waals surface area contributed by atoms with Gasteiger partial charge < -0.3 is 50.0 Å². The molecule has 0 bridgehead atoms. The summed E-state index contributed by atoms with van der Waals surface area (Å²) in [5.74, 6) is 0.0736. The van der Waals surface area contributed by atoms with Gasteiger partial charge in [-0.05, 0) is 6.92 Å². The number of aliphatic hydroxyl groups is 7. The average Bonchev–Trinajstić information content (AvgIpc) is 2.56. The summed E-state index contributed by atoms with van der Waals surface area (Å²) in [5.41, 5.74) is 0. The zero-order valence-electron chi connectivity index (χ0n) is 13.1. The van der Waals surface area contributed by atoms with Crippen LogP contribution in [0.3, 0.4) is 0 Å². The third-order valence-electron chi connectivity index (χ3n) is 3.66. The normalized spacial score (nSPS) is 36.1. The van der Waals surface area contributed by atoms with Crippen molar-refractivity contribution in [3.8, 4) is 0 Å². The van der Waals surface area contributed by atoms with Gasteiger partial charge in [-0.1, -0.05) is 0 Å². The lowest BCUT2D eigenvalue weighted by atomic mass is 9.99. The van der Waals surface area contributed by atoms with Crippen LogP contribution in [0.25, 0.3) is 0 Å². The highest BCUT2D eigenvalue weighted by Gasteiger charge is 2.46. The molecule has 9 atom stereocenters. The van der Waals surface area contributed by atoms with Gasteiger partial charge >= 0.3 is 0 Å². The fourth-order valence-corrected chi connectivity index (χ4v) is 2.56. The highest BCUT2D eigenvalue weighted by molar-refractivity contribution is 7.80. The summed E-state index contributed by atoms with van der Waals surface area (Å²) in [6.07, 6.45) is -12.5. The van der Waals surface area contributed by atoms with Gasteiger partial charge in [0.1, 0.15) is 30.5 Å². The van der Waals surface area contributed by atoms with Crippen molar-refractivity contribution in [2.75, 3.05) is 19.0 Å². The van der Waals surface area contributed by atoms with Gasteiger partial charge in [-0.25, -0.2) is 0 Å². The Morgan fingerprint density at radius 2 is 1.75 bits per heavy atom. The molecule has 144 valence electrons. The third-order valence-corrected chi connectivity index (χ3v) is 4.02. The fraction of sp³-hybridized carbons (Fsp3) is 1.00. The maximum Gasteiger partial charge on any atom is 0.186 e. The monoisotopic (exact) mass is 374 g/mol. The van der Waals surface area contributed by atoms with Crippen LogP contribution >= 0.6 is 12.6 Å². The quantitative estimate of drug-likeness (QED) is 0.148. The van der Waals surface area contributed by atoms with Crippen LogP contribution in [-0.4, -0.2) is 110 Å². The predicted molar refractivity (Wildman–Crippen MR) is 82.1 cm³/mol. The van der Waals surface area contributed by atoms with Crippen molar-refractivity contribution in [1.82, 2.24) is 0 Å². The van der Waals surface area contributed by atoms with Crippen LogP contribution in [0.1, 0.15) is 6.92 Å². The molecule has 0 aromatic rings. The molecule has 0 amide bonds. The predicted octanol–water partition coefficient (Wildman–Crippen LogP) is -3.82. The van der Waals surface area contributed by atoms with Crippen LogP contribution in [-0.2, 0) is 14.2 Å². The second-order valence-corrected chi connectivity index (χ2v) is 5.91. The minimum absolute atomic E-state index is 0.0736. The number of aliphatic hydroxyl groups excluding tert-OH is 7. The van der Waals surface area contributed by atoms with Crippen molar-refractivity contribution in [2.45, 2.75) is 62.2 Å². The highest BCUT2D eigenvalue weighted by atomic mass is 32.1. The zero-order valence-corrected chi connectivity index (χ0v) is 14.0. The van der Waals surface area contributed by atoms with E-state index in [1.54, 1.807) is 0 Å². The molecule has 0 aromatic carbocycles. The van der Waals surface area contributed by atoms with Crippen LogP contribution in [0.4, 0.5) is 0 Å². The number of thiol groups is 1. The van der Waals surface area contributed by atoms with Crippen molar-refractivity contribution in [2.24, 2.45) is 0 Å². The molecule has 0 aliphatic carbocycles. The van der Waals surface area contributed by atoms with Crippen molar-refractivity contribution < 1.29 is 50.0 Å². The summed E-state index contributed by atoms with van der Waals surface area (Å²) >= 11 is 4.00. The van der Waals surface area contributed by atoms with Gasteiger partial charge in [-0.2, -0.15) is 12.6 Å². The number of hydrogen-bond acceptors (Lipinski definition) is 11. The Bertz CT molecular complexity index is 358. The molecule has 11 heteroatoms. The van der Waals surface area contributed by atoms with Gasteiger partial charge in [0.05, 0.1) is 25.4 Å². The molecule has 1 saturated heterocycles. The Labute approximate surface area is 144 Å². The van der Waals surface area contributed by atoms with Crippen molar-refractivity contribution in [3.63, 3.8) is 0 Å². The summed E-state index contributed by atoms with van der Waals surface area (Å²) in [6.45, 7) is 0.0285. The molecular formula is C13H26O10S.